The zero-order chi connectivity index (χ0) is 20.2. The largest absolute Gasteiger partial charge is 0.457 e. The van der Waals surface area contributed by atoms with Crippen molar-refractivity contribution in [3.8, 4) is 5.75 Å². The summed E-state index contributed by atoms with van der Waals surface area (Å²) < 4.78 is 6.09. The van der Waals surface area contributed by atoms with Gasteiger partial charge >= 0.3 is 0 Å². The van der Waals surface area contributed by atoms with E-state index in [2.05, 4.69) is 35.0 Å². The monoisotopic (exact) mass is 410 g/mol. The van der Waals surface area contributed by atoms with Gasteiger partial charge in [-0.15, -0.1) is 0 Å². The van der Waals surface area contributed by atoms with Crippen molar-refractivity contribution >= 4 is 11.6 Å². The van der Waals surface area contributed by atoms with Gasteiger partial charge in [-0.25, -0.2) is 0 Å². The summed E-state index contributed by atoms with van der Waals surface area (Å²) in [6.45, 7) is 4.78. The van der Waals surface area contributed by atoms with Crippen molar-refractivity contribution < 1.29 is 9.84 Å². The zero-order valence-corrected chi connectivity index (χ0v) is 17.5. The number of hydrogen-bond acceptors (Lipinski definition) is 4. The Bertz CT molecular complexity index is 938. The van der Waals surface area contributed by atoms with Crippen LogP contribution in [0.5, 0.6) is 5.75 Å². The molecule has 1 unspecified atom stereocenters. The average molecular weight is 411 g/mol. The maximum atomic E-state index is 9.98. The van der Waals surface area contributed by atoms with Gasteiger partial charge in [-0.3, -0.25) is 9.88 Å². The van der Waals surface area contributed by atoms with E-state index >= 15 is 0 Å². The molecule has 4 nitrogen and oxygen atoms in total. The van der Waals surface area contributed by atoms with Gasteiger partial charge in [-0.2, -0.15) is 0 Å². The molecule has 1 fully saturated rings. The van der Waals surface area contributed by atoms with Gasteiger partial charge in [0.25, 0.3) is 0 Å². The van der Waals surface area contributed by atoms with Crippen LogP contribution in [0.15, 0.2) is 60.0 Å². The van der Waals surface area contributed by atoms with Crippen LogP contribution < -0.4 is 4.74 Å². The normalized spacial score (nSPS) is 19.8. The molecule has 152 valence electrons. The molecule has 1 aromatic heterocycles. The predicted molar refractivity (Wildman–Crippen MR) is 116 cm³/mol. The quantitative estimate of drug-likeness (QED) is 0.709. The number of ether oxygens (including phenoxy) is 1. The standard InChI is InChI=1S/C24H27ClN2O2/c1-17-5-2-3-7-24(17)29-20-8-9-21(19(13-20)16-28)18-10-12-27(14-18)15-23-22(25)6-4-11-26-23/h4-9,11,13,18,28H,2-3,10,12,14-16H2,1H3. The maximum Gasteiger partial charge on any atom is 0.127 e. The highest BCUT2D eigenvalue weighted by Crippen LogP contribution is 2.33. The summed E-state index contributed by atoms with van der Waals surface area (Å²) in [4.78, 5) is 6.79. The Morgan fingerprint density at radius 1 is 1.24 bits per heavy atom. The van der Waals surface area contributed by atoms with E-state index in [4.69, 9.17) is 16.3 Å². The minimum atomic E-state index is 0.0168. The lowest BCUT2D eigenvalue weighted by molar-refractivity contribution is 0.278. The second-order valence-corrected chi connectivity index (χ2v) is 8.21. The number of aromatic nitrogens is 1. The summed E-state index contributed by atoms with van der Waals surface area (Å²) in [7, 11) is 0. The molecule has 1 aliphatic heterocycles. The Morgan fingerprint density at radius 3 is 2.90 bits per heavy atom. The van der Waals surface area contributed by atoms with Crippen molar-refractivity contribution in [2.24, 2.45) is 0 Å². The molecule has 1 aliphatic carbocycles. The number of benzene rings is 1. The van der Waals surface area contributed by atoms with Crippen LogP contribution in [0.25, 0.3) is 0 Å². The molecule has 2 aliphatic rings. The third-order valence-corrected chi connectivity index (χ3v) is 6.11. The van der Waals surface area contributed by atoms with Gasteiger partial charge in [0.2, 0.25) is 0 Å². The van der Waals surface area contributed by atoms with Gasteiger partial charge in [0.15, 0.2) is 0 Å². The summed E-state index contributed by atoms with van der Waals surface area (Å²) in [5.74, 6) is 2.10. The number of hydrogen-bond donors (Lipinski definition) is 1. The lowest BCUT2D eigenvalue weighted by Crippen LogP contribution is -2.20. The zero-order valence-electron chi connectivity index (χ0n) is 16.8. The number of allylic oxidation sites excluding steroid dienone is 3. The average Bonchev–Trinajstić information content (AvgIpc) is 3.19. The summed E-state index contributed by atoms with van der Waals surface area (Å²) in [5.41, 5.74) is 4.25. The molecule has 1 saturated heterocycles. The van der Waals surface area contributed by atoms with E-state index in [9.17, 15) is 5.11 Å². The van der Waals surface area contributed by atoms with Crippen LogP contribution in [-0.2, 0) is 13.2 Å². The Morgan fingerprint density at radius 2 is 2.10 bits per heavy atom. The Balaban J connectivity index is 1.45. The third kappa shape index (κ3) is 4.72. The van der Waals surface area contributed by atoms with E-state index in [0.29, 0.717) is 5.92 Å². The molecular formula is C24H27ClN2O2. The molecule has 2 aromatic rings. The van der Waals surface area contributed by atoms with E-state index in [1.807, 2.05) is 24.3 Å². The van der Waals surface area contributed by atoms with Crippen LogP contribution in [0.4, 0.5) is 0 Å². The molecule has 2 heterocycles. The van der Waals surface area contributed by atoms with Crippen LogP contribution in [-0.4, -0.2) is 28.1 Å². The summed E-state index contributed by atoms with van der Waals surface area (Å²) in [5, 5.41) is 10.7. The van der Waals surface area contributed by atoms with E-state index in [-0.39, 0.29) is 6.61 Å². The van der Waals surface area contributed by atoms with Gasteiger partial charge in [-0.1, -0.05) is 23.7 Å². The fourth-order valence-electron chi connectivity index (χ4n) is 4.18. The first-order valence-electron chi connectivity index (χ1n) is 10.2. The van der Waals surface area contributed by atoms with Crippen LogP contribution in [0.3, 0.4) is 0 Å². The molecule has 0 bridgehead atoms. The first kappa shape index (κ1) is 20.1. The molecule has 0 amide bonds. The molecule has 4 rings (SSSR count). The fourth-order valence-corrected chi connectivity index (χ4v) is 4.36. The molecule has 1 atom stereocenters. The predicted octanol–water partition coefficient (Wildman–Crippen LogP) is 5.22. The van der Waals surface area contributed by atoms with Gasteiger partial charge in [0, 0.05) is 19.3 Å². The SMILES string of the molecule is CC1=CCCC=C1Oc1ccc(C2CCN(Cc3ncccc3Cl)C2)c(CO)c1. The summed E-state index contributed by atoms with van der Waals surface area (Å²) in [6.07, 6.45) is 9.27. The van der Waals surface area contributed by atoms with Crippen molar-refractivity contribution in [3.63, 3.8) is 0 Å². The molecule has 1 aromatic carbocycles. The van der Waals surface area contributed by atoms with Gasteiger partial charge in [-0.05, 0) is 85.7 Å². The first-order chi connectivity index (χ1) is 14.1. The van der Waals surface area contributed by atoms with Gasteiger partial charge < -0.3 is 9.84 Å². The second kappa shape index (κ2) is 9.12. The highest BCUT2D eigenvalue weighted by atomic mass is 35.5. The van der Waals surface area contributed by atoms with Crippen molar-refractivity contribution in [1.82, 2.24) is 9.88 Å². The molecule has 0 radical (unpaired) electrons. The number of rotatable bonds is 6. The Kier molecular flexibility index (Phi) is 6.34. The van der Waals surface area contributed by atoms with Gasteiger partial charge in [0.05, 0.1) is 17.3 Å². The van der Waals surface area contributed by atoms with Crippen molar-refractivity contribution in [3.05, 3.63) is 81.9 Å². The molecule has 29 heavy (non-hydrogen) atoms. The highest BCUT2D eigenvalue weighted by molar-refractivity contribution is 6.31. The lowest BCUT2D eigenvalue weighted by atomic mass is 9.93. The molecular weight excluding hydrogens is 384 g/mol. The number of nitrogens with zero attached hydrogens (tertiary/aromatic N) is 2. The number of likely N-dealkylation sites (tertiary alicyclic amines) is 1. The summed E-state index contributed by atoms with van der Waals surface area (Å²) >= 11 is 6.27. The first-order valence-corrected chi connectivity index (χ1v) is 10.6. The smallest absolute Gasteiger partial charge is 0.127 e. The lowest BCUT2D eigenvalue weighted by Gasteiger charge is -2.19. The topological polar surface area (TPSA) is 45.6 Å². The van der Waals surface area contributed by atoms with Crippen molar-refractivity contribution in [2.75, 3.05) is 13.1 Å². The molecule has 1 N–H and O–H groups in total. The van der Waals surface area contributed by atoms with E-state index in [0.717, 1.165) is 66.7 Å². The number of aliphatic hydroxyl groups is 1. The van der Waals surface area contributed by atoms with Crippen LogP contribution >= 0.6 is 11.6 Å². The molecule has 5 heteroatoms. The van der Waals surface area contributed by atoms with E-state index < -0.39 is 0 Å². The minimum Gasteiger partial charge on any atom is -0.457 e. The summed E-state index contributed by atoms with van der Waals surface area (Å²) in [6, 6.07) is 9.87. The van der Waals surface area contributed by atoms with Gasteiger partial charge in [0.1, 0.15) is 11.5 Å². The van der Waals surface area contributed by atoms with Crippen molar-refractivity contribution in [2.45, 2.75) is 45.3 Å². The van der Waals surface area contributed by atoms with Crippen LogP contribution in [0.1, 0.15) is 48.9 Å². The molecule has 0 saturated carbocycles. The fraction of sp³-hybridized carbons (Fsp3) is 0.375. The Labute approximate surface area is 177 Å². The maximum absolute atomic E-state index is 9.98. The van der Waals surface area contributed by atoms with Crippen LogP contribution in [0, 0.1) is 0 Å². The Hall–Kier alpha value is -2.14. The number of halogens is 1. The van der Waals surface area contributed by atoms with Crippen molar-refractivity contribution in [1.29, 1.82) is 0 Å². The number of aliphatic hydroxyl groups excluding tert-OH is 1. The second-order valence-electron chi connectivity index (χ2n) is 7.81. The minimum absolute atomic E-state index is 0.0168. The van der Waals surface area contributed by atoms with Crippen LogP contribution in [0.2, 0.25) is 5.02 Å². The number of pyridine rings is 1. The highest BCUT2D eigenvalue weighted by Gasteiger charge is 2.26. The third-order valence-electron chi connectivity index (χ3n) is 5.77. The van der Waals surface area contributed by atoms with E-state index in [1.54, 1.807) is 6.20 Å². The molecule has 0 spiro atoms. The van der Waals surface area contributed by atoms with E-state index in [1.165, 1.54) is 11.1 Å².